The summed E-state index contributed by atoms with van der Waals surface area (Å²) in [6, 6.07) is 6.51. The Kier molecular flexibility index (Phi) is 5.48. The van der Waals surface area contributed by atoms with Gasteiger partial charge in [-0.15, -0.1) is 0 Å². The molecule has 1 unspecified atom stereocenters. The van der Waals surface area contributed by atoms with Crippen LogP contribution >= 0.6 is 0 Å². The van der Waals surface area contributed by atoms with E-state index in [4.69, 9.17) is 13.6 Å². The molecule has 0 radical (unpaired) electrons. The van der Waals surface area contributed by atoms with Gasteiger partial charge in [0.1, 0.15) is 17.1 Å². The molecule has 1 aromatic rings. The maximum absolute atomic E-state index is 12.4. The van der Waals surface area contributed by atoms with Gasteiger partial charge in [0.25, 0.3) is 0 Å². The number of amides is 1. The van der Waals surface area contributed by atoms with E-state index in [1.807, 2.05) is 32.9 Å². The topological polar surface area (TPSA) is 51.9 Å². The van der Waals surface area contributed by atoms with Crippen LogP contribution in [0.5, 0.6) is 0 Å². The molecule has 2 heterocycles. The van der Waals surface area contributed by atoms with Gasteiger partial charge in [-0.25, -0.2) is 4.79 Å². The molecule has 0 saturated heterocycles. The fourth-order valence-electron chi connectivity index (χ4n) is 2.83. The maximum Gasteiger partial charge on any atom is 0.415 e. The molecule has 1 amide bonds. The first-order valence-electron chi connectivity index (χ1n) is 8.70. The van der Waals surface area contributed by atoms with E-state index >= 15 is 0 Å². The molecule has 1 atom stereocenters. The lowest BCUT2D eigenvalue weighted by Crippen LogP contribution is -2.46. The summed E-state index contributed by atoms with van der Waals surface area (Å²) in [6.07, 6.45) is 2.99. The van der Waals surface area contributed by atoms with Crippen LogP contribution in [0.4, 0.5) is 4.79 Å². The van der Waals surface area contributed by atoms with Gasteiger partial charge in [0.05, 0.1) is 12.5 Å². The van der Waals surface area contributed by atoms with Crippen molar-refractivity contribution in [1.29, 1.82) is 0 Å². The van der Waals surface area contributed by atoms with E-state index in [0.29, 0.717) is 5.76 Å². The molecule has 0 N–H and O–H groups in total. The highest BCUT2D eigenvalue weighted by Gasteiger charge is 2.44. The number of carbonyl (C=O) groups excluding carboxylic acids is 1. The summed E-state index contributed by atoms with van der Waals surface area (Å²) in [4.78, 5) is 14.0. The lowest BCUT2D eigenvalue weighted by molar-refractivity contribution is 0.0156. The van der Waals surface area contributed by atoms with Gasteiger partial charge in [0.15, 0.2) is 6.04 Å². The Morgan fingerprint density at radius 2 is 1.88 bits per heavy atom. The van der Waals surface area contributed by atoms with E-state index in [9.17, 15) is 4.79 Å². The second-order valence-electron chi connectivity index (χ2n) is 7.18. The van der Waals surface area contributed by atoms with Crippen LogP contribution in [0.1, 0.15) is 53.3 Å². The fraction of sp³-hybridized carbons (Fsp3) is 0.611. The lowest BCUT2D eigenvalue weighted by atomic mass is 10.1. The Bertz CT molecular complexity index is 576. The van der Waals surface area contributed by atoms with Gasteiger partial charge in [-0.1, -0.05) is 20.8 Å². The molecule has 1 aliphatic heterocycles. The third-order valence-corrected chi connectivity index (χ3v) is 9.03. The molecule has 0 bridgehead atoms. The highest BCUT2D eigenvalue weighted by Crippen LogP contribution is 2.42. The molecule has 2 rings (SSSR count). The molecule has 134 valence electrons. The first kappa shape index (κ1) is 18.6. The summed E-state index contributed by atoms with van der Waals surface area (Å²) in [6.45, 7) is 12.1. The van der Waals surface area contributed by atoms with Crippen LogP contribution in [-0.2, 0) is 9.16 Å². The molecule has 24 heavy (non-hydrogen) atoms. The van der Waals surface area contributed by atoms with Crippen LogP contribution in [-0.4, -0.2) is 24.9 Å². The van der Waals surface area contributed by atoms with E-state index in [1.165, 1.54) is 0 Å². The van der Waals surface area contributed by atoms with Crippen molar-refractivity contribution in [3.8, 4) is 0 Å². The van der Waals surface area contributed by atoms with Crippen molar-refractivity contribution in [2.24, 2.45) is 0 Å². The second kappa shape index (κ2) is 7.05. The fourth-order valence-corrected chi connectivity index (χ4v) is 5.43. The predicted octanol–water partition coefficient (Wildman–Crippen LogP) is 5.43. The van der Waals surface area contributed by atoms with Crippen molar-refractivity contribution in [3.05, 3.63) is 36.1 Å². The summed E-state index contributed by atoms with van der Waals surface area (Å²) in [5, 5.41) is 0. The van der Waals surface area contributed by atoms with Gasteiger partial charge in [-0.2, -0.15) is 0 Å². The van der Waals surface area contributed by atoms with Crippen LogP contribution in [0.2, 0.25) is 18.1 Å². The molecule has 6 heteroatoms. The first-order valence-corrected chi connectivity index (χ1v) is 11.2. The number of furan rings is 1. The van der Waals surface area contributed by atoms with Gasteiger partial charge >= 0.3 is 6.09 Å². The standard InChI is InChI=1S/C18H29NO4Si/c1-7-24(8-2,9-3)23-15-13-19(17(20)22-18(4,5)6)16(15)14-11-10-12-21-14/h10-13,16H,7-9H2,1-6H3. The molecule has 5 nitrogen and oxygen atoms in total. The Labute approximate surface area is 145 Å². The highest BCUT2D eigenvalue weighted by molar-refractivity contribution is 6.73. The zero-order valence-electron chi connectivity index (χ0n) is 15.6. The number of hydrogen-bond acceptors (Lipinski definition) is 4. The minimum Gasteiger partial charge on any atom is -0.544 e. The van der Waals surface area contributed by atoms with E-state index in [2.05, 4.69) is 20.8 Å². The molecule has 0 aromatic carbocycles. The largest absolute Gasteiger partial charge is 0.544 e. The monoisotopic (exact) mass is 351 g/mol. The number of ether oxygens (including phenoxy) is 1. The third-order valence-electron chi connectivity index (χ3n) is 4.50. The quantitative estimate of drug-likeness (QED) is 0.641. The van der Waals surface area contributed by atoms with Crippen LogP contribution < -0.4 is 0 Å². The van der Waals surface area contributed by atoms with Crippen molar-refractivity contribution >= 4 is 14.4 Å². The van der Waals surface area contributed by atoms with Crippen molar-refractivity contribution in [2.75, 3.05) is 0 Å². The minimum atomic E-state index is -1.80. The molecule has 0 spiro atoms. The predicted molar refractivity (Wildman–Crippen MR) is 95.9 cm³/mol. The zero-order valence-corrected chi connectivity index (χ0v) is 16.6. The van der Waals surface area contributed by atoms with Crippen molar-refractivity contribution < 1.29 is 18.4 Å². The van der Waals surface area contributed by atoms with Crippen LogP contribution in [0.3, 0.4) is 0 Å². The smallest absolute Gasteiger partial charge is 0.415 e. The van der Waals surface area contributed by atoms with Gasteiger partial charge in [0, 0.05) is 0 Å². The number of carbonyl (C=O) groups is 1. The zero-order chi connectivity index (χ0) is 18.0. The first-order chi connectivity index (χ1) is 11.2. The average Bonchev–Trinajstić information content (AvgIpc) is 2.99. The normalized spacial score (nSPS) is 18.0. The average molecular weight is 352 g/mol. The Morgan fingerprint density at radius 3 is 2.33 bits per heavy atom. The van der Waals surface area contributed by atoms with Crippen molar-refractivity contribution in [1.82, 2.24) is 4.90 Å². The van der Waals surface area contributed by atoms with Crippen LogP contribution in [0, 0.1) is 0 Å². The Hall–Kier alpha value is -1.69. The summed E-state index contributed by atoms with van der Waals surface area (Å²) in [7, 11) is -1.80. The molecule has 1 aliphatic rings. The van der Waals surface area contributed by atoms with Gasteiger partial charge in [0.2, 0.25) is 8.32 Å². The van der Waals surface area contributed by atoms with Gasteiger partial charge < -0.3 is 13.6 Å². The Balaban J connectivity index is 2.24. The summed E-state index contributed by atoms with van der Waals surface area (Å²) >= 11 is 0. The van der Waals surface area contributed by atoms with Crippen LogP contribution in [0.25, 0.3) is 0 Å². The van der Waals surface area contributed by atoms with Gasteiger partial charge in [-0.3, -0.25) is 4.90 Å². The molecular weight excluding hydrogens is 322 g/mol. The van der Waals surface area contributed by atoms with E-state index in [0.717, 1.165) is 23.9 Å². The molecule has 0 saturated carbocycles. The van der Waals surface area contributed by atoms with Crippen molar-refractivity contribution in [2.45, 2.75) is 71.3 Å². The molecule has 0 fully saturated rings. The van der Waals surface area contributed by atoms with Crippen LogP contribution in [0.15, 0.2) is 34.8 Å². The molecule has 0 aliphatic carbocycles. The number of hydrogen-bond donors (Lipinski definition) is 0. The summed E-state index contributed by atoms with van der Waals surface area (Å²) in [5.41, 5.74) is -0.538. The SMILES string of the molecule is CC[Si](CC)(CC)OC1=CN(C(=O)OC(C)(C)C)C1c1ccco1. The van der Waals surface area contributed by atoms with E-state index in [1.54, 1.807) is 17.4 Å². The summed E-state index contributed by atoms with van der Waals surface area (Å²) in [5.74, 6) is 1.51. The third kappa shape index (κ3) is 3.86. The second-order valence-corrected chi connectivity index (χ2v) is 11.9. The highest BCUT2D eigenvalue weighted by atomic mass is 28.4. The lowest BCUT2D eigenvalue weighted by Gasteiger charge is -2.42. The Morgan fingerprint density at radius 1 is 1.25 bits per heavy atom. The molecule has 1 aromatic heterocycles. The van der Waals surface area contributed by atoms with Gasteiger partial charge in [-0.05, 0) is 51.0 Å². The van der Waals surface area contributed by atoms with E-state index < -0.39 is 13.9 Å². The van der Waals surface area contributed by atoms with Crippen molar-refractivity contribution in [3.63, 3.8) is 0 Å². The van der Waals surface area contributed by atoms with E-state index in [-0.39, 0.29) is 12.1 Å². The molecular formula is C18H29NO4Si. The number of nitrogens with zero attached hydrogens (tertiary/aromatic N) is 1. The number of rotatable bonds is 6. The minimum absolute atomic E-state index is 0.327. The summed E-state index contributed by atoms with van der Waals surface area (Å²) < 4.78 is 17.5. The maximum atomic E-state index is 12.4.